The summed E-state index contributed by atoms with van der Waals surface area (Å²) in [4.78, 5) is 11.8. The molecule has 1 atom stereocenters. The van der Waals surface area contributed by atoms with Crippen LogP contribution in [0.2, 0.25) is 0 Å². The molecule has 1 aliphatic heterocycles. The van der Waals surface area contributed by atoms with Crippen LogP contribution in [0.25, 0.3) is 0 Å². The van der Waals surface area contributed by atoms with Gasteiger partial charge in [0.15, 0.2) is 0 Å². The molecule has 1 aromatic carbocycles. The molecule has 1 amide bonds. The van der Waals surface area contributed by atoms with Crippen molar-refractivity contribution in [2.45, 2.75) is 12.5 Å². The lowest BCUT2D eigenvalue weighted by molar-refractivity contribution is 0.0930. The molecule has 1 fully saturated rings. The van der Waals surface area contributed by atoms with Crippen molar-refractivity contribution in [3.8, 4) is 0 Å². The molecular weight excluding hydrogens is 221 g/mol. The Hall–Kier alpha value is -1.37. The van der Waals surface area contributed by atoms with E-state index in [1.165, 1.54) is 6.07 Å². The van der Waals surface area contributed by atoms with E-state index in [4.69, 9.17) is 14.8 Å². The van der Waals surface area contributed by atoms with E-state index in [9.17, 15) is 4.79 Å². The van der Waals surface area contributed by atoms with Gasteiger partial charge in [-0.2, -0.15) is 0 Å². The largest absolute Gasteiger partial charge is 0.488 e. The van der Waals surface area contributed by atoms with Gasteiger partial charge in [-0.15, -0.1) is 0 Å². The van der Waals surface area contributed by atoms with Gasteiger partial charge < -0.3 is 20.1 Å². The van der Waals surface area contributed by atoms with Crippen LogP contribution < -0.4 is 10.8 Å². The Balaban J connectivity index is 2.05. The van der Waals surface area contributed by atoms with Crippen molar-refractivity contribution in [1.82, 2.24) is 5.32 Å². The van der Waals surface area contributed by atoms with Crippen LogP contribution in [0.4, 0.5) is 0 Å². The summed E-state index contributed by atoms with van der Waals surface area (Å²) in [6.07, 6.45) is 0.814. The van der Waals surface area contributed by atoms with E-state index >= 15 is 0 Å². The molecule has 1 aliphatic rings. The molecule has 1 saturated heterocycles. The van der Waals surface area contributed by atoms with Gasteiger partial charge in [-0.25, -0.2) is 0 Å². The number of carbonyl (C=O) groups excluding carboxylic acids is 1. The lowest BCUT2D eigenvalue weighted by atomic mass is 9.79. The molecule has 3 N–H and O–H groups in total. The molecule has 0 bridgehead atoms. The lowest BCUT2D eigenvalue weighted by Gasteiger charge is -2.11. The third kappa shape index (κ3) is 3.06. The number of carbonyl (C=O) groups is 1. The summed E-state index contributed by atoms with van der Waals surface area (Å²) in [5.74, 6) is -0.219. The number of rotatable bonds is 3. The Bertz CT molecular complexity index is 404. The van der Waals surface area contributed by atoms with Crippen molar-refractivity contribution >= 4 is 18.5 Å². The fraction of sp³-hybridized carbons (Fsp3) is 0.364. The average molecular weight is 235 g/mol. The monoisotopic (exact) mass is 235 g/mol. The average Bonchev–Trinajstić information content (AvgIpc) is 2.82. The number of ether oxygens (including phenoxy) is 1. The molecule has 2 rings (SSSR count). The molecule has 17 heavy (non-hydrogen) atoms. The van der Waals surface area contributed by atoms with Crippen LogP contribution in [0.1, 0.15) is 16.8 Å². The first-order valence-corrected chi connectivity index (χ1v) is 5.51. The van der Waals surface area contributed by atoms with Crippen molar-refractivity contribution in [3.63, 3.8) is 0 Å². The highest BCUT2D eigenvalue weighted by molar-refractivity contribution is 6.58. The van der Waals surface area contributed by atoms with E-state index in [2.05, 4.69) is 5.32 Å². The minimum Gasteiger partial charge on any atom is -0.423 e. The predicted molar refractivity (Wildman–Crippen MR) is 63.0 cm³/mol. The van der Waals surface area contributed by atoms with Crippen LogP contribution in [0.3, 0.4) is 0 Å². The molecule has 0 radical (unpaired) electrons. The highest BCUT2D eigenvalue weighted by Gasteiger charge is 2.19. The van der Waals surface area contributed by atoms with Crippen LogP contribution in [-0.4, -0.2) is 42.3 Å². The number of hydrogen-bond acceptors (Lipinski definition) is 4. The van der Waals surface area contributed by atoms with Crippen LogP contribution in [0.5, 0.6) is 0 Å². The fourth-order valence-electron chi connectivity index (χ4n) is 1.76. The minimum atomic E-state index is -1.56. The van der Waals surface area contributed by atoms with E-state index in [0.29, 0.717) is 24.2 Å². The summed E-state index contributed by atoms with van der Waals surface area (Å²) in [6, 6.07) is 6.33. The summed E-state index contributed by atoms with van der Waals surface area (Å²) in [7, 11) is -1.56. The Morgan fingerprint density at radius 2 is 2.29 bits per heavy atom. The van der Waals surface area contributed by atoms with Crippen molar-refractivity contribution in [2.24, 2.45) is 0 Å². The molecule has 1 heterocycles. The van der Waals surface area contributed by atoms with E-state index in [1.807, 2.05) is 0 Å². The smallest absolute Gasteiger partial charge is 0.423 e. The second-order valence-corrected chi connectivity index (χ2v) is 4.03. The molecule has 0 spiro atoms. The van der Waals surface area contributed by atoms with Gasteiger partial charge in [0.25, 0.3) is 5.91 Å². The molecule has 6 heteroatoms. The molecule has 90 valence electrons. The Morgan fingerprint density at radius 1 is 1.47 bits per heavy atom. The van der Waals surface area contributed by atoms with Gasteiger partial charge in [-0.05, 0) is 24.0 Å². The Labute approximate surface area is 99.6 Å². The van der Waals surface area contributed by atoms with Gasteiger partial charge >= 0.3 is 7.12 Å². The summed E-state index contributed by atoms with van der Waals surface area (Å²) in [5.41, 5.74) is 0.725. The zero-order valence-corrected chi connectivity index (χ0v) is 9.30. The quantitative estimate of drug-likeness (QED) is 0.580. The number of amides is 1. The van der Waals surface area contributed by atoms with Gasteiger partial charge in [-0.1, -0.05) is 12.1 Å². The van der Waals surface area contributed by atoms with Crippen molar-refractivity contribution in [2.75, 3.05) is 13.2 Å². The maximum atomic E-state index is 11.8. The van der Waals surface area contributed by atoms with E-state index in [1.54, 1.807) is 18.2 Å². The standard InChI is InChI=1S/C11H14BNO4/c14-11(13-10-4-5-17-7-10)8-2-1-3-9(6-8)12(15)16/h1-3,6,10,15-16H,4-5,7H2,(H,13,14). The highest BCUT2D eigenvalue weighted by Crippen LogP contribution is 2.05. The Kier molecular flexibility index (Phi) is 3.78. The topological polar surface area (TPSA) is 78.8 Å². The molecule has 1 unspecified atom stereocenters. The van der Waals surface area contributed by atoms with Gasteiger partial charge in [0.2, 0.25) is 0 Å². The maximum absolute atomic E-state index is 11.8. The van der Waals surface area contributed by atoms with Crippen LogP contribution in [0, 0.1) is 0 Å². The molecule has 1 aromatic rings. The van der Waals surface area contributed by atoms with E-state index in [0.717, 1.165) is 6.42 Å². The number of hydrogen-bond donors (Lipinski definition) is 3. The fourth-order valence-corrected chi connectivity index (χ4v) is 1.76. The first kappa shape index (κ1) is 12.1. The summed E-state index contributed by atoms with van der Waals surface area (Å²) < 4.78 is 5.16. The van der Waals surface area contributed by atoms with Crippen LogP contribution in [0.15, 0.2) is 24.3 Å². The second kappa shape index (κ2) is 5.31. The van der Waals surface area contributed by atoms with Crippen molar-refractivity contribution in [3.05, 3.63) is 29.8 Å². The van der Waals surface area contributed by atoms with Crippen LogP contribution >= 0.6 is 0 Å². The maximum Gasteiger partial charge on any atom is 0.488 e. The normalized spacial score (nSPS) is 19.1. The predicted octanol–water partition coefficient (Wildman–Crippen LogP) is -1.11. The van der Waals surface area contributed by atoms with Crippen molar-refractivity contribution in [1.29, 1.82) is 0 Å². The lowest BCUT2D eigenvalue weighted by Crippen LogP contribution is -2.36. The zero-order valence-electron chi connectivity index (χ0n) is 9.30. The van der Waals surface area contributed by atoms with Gasteiger partial charge in [-0.3, -0.25) is 4.79 Å². The highest BCUT2D eigenvalue weighted by atomic mass is 16.5. The number of nitrogens with one attached hydrogen (secondary N) is 1. The third-order valence-electron chi connectivity index (χ3n) is 2.71. The molecule has 0 saturated carbocycles. The van der Waals surface area contributed by atoms with Crippen LogP contribution in [-0.2, 0) is 4.74 Å². The molecule has 5 nitrogen and oxygen atoms in total. The summed E-state index contributed by atoms with van der Waals surface area (Å²) in [6.45, 7) is 1.20. The zero-order chi connectivity index (χ0) is 12.3. The van der Waals surface area contributed by atoms with Gasteiger partial charge in [0.05, 0.1) is 12.6 Å². The third-order valence-corrected chi connectivity index (χ3v) is 2.71. The van der Waals surface area contributed by atoms with Crippen molar-refractivity contribution < 1.29 is 19.6 Å². The summed E-state index contributed by atoms with van der Waals surface area (Å²) >= 11 is 0. The SMILES string of the molecule is O=C(NC1CCOC1)c1cccc(B(O)O)c1. The molecule has 0 aromatic heterocycles. The Morgan fingerprint density at radius 3 is 2.94 bits per heavy atom. The van der Waals surface area contributed by atoms with Gasteiger partial charge in [0.1, 0.15) is 0 Å². The molecular formula is C11H14BNO4. The second-order valence-electron chi connectivity index (χ2n) is 4.03. The minimum absolute atomic E-state index is 0.0465. The van der Waals surface area contributed by atoms with Gasteiger partial charge in [0, 0.05) is 12.2 Å². The van der Waals surface area contributed by atoms with E-state index < -0.39 is 7.12 Å². The van der Waals surface area contributed by atoms with E-state index in [-0.39, 0.29) is 11.9 Å². The number of benzene rings is 1. The first-order valence-electron chi connectivity index (χ1n) is 5.51. The first-order chi connectivity index (χ1) is 8.16. The summed E-state index contributed by atoms with van der Waals surface area (Å²) in [5, 5.41) is 20.9. The molecule has 0 aliphatic carbocycles.